The van der Waals surface area contributed by atoms with Crippen LogP contribution in [-0.2, 0) is 6.54 Å². The summed E-state index contributed by atoms with van der Waals surface area (Å²) in [6, 6.07) is 10.1. The van der Waals surface area contributed by atoms with Crippen LogP contribution in [0, 0.1) is 0 Å². The van der Waals surface area contributed by atoms with Crippen molar-refractivity contribution in [1.29, 1.82) is 0 Å². The van der Waals surface area contributed by atoms with Crippen LogP contribution in [0.5, 0.6) is 0 Å². The quantitative estimate of drug-likeness (QED) is 0.856. The number of hydrogen-bond donors (Lipinski definition) is 2. The Labute approximate surface area is 99.8 Å². The summed E-state index contributed by atoms with van der Waals surface area (Å²) < 4.78 is 0. The first-order valence-corrected chi connectivity index (χ1v) is 5.60. The van der Waals surface area contributed by atoms with Crippen molar-refractivity contribution in [3.8, 4) is 0 Å². The van der Waals surface area contributed by atoms with Gasteiger partial charge < -0.3 is 5.32 Å². The largest absolute Gasteiger partial charge is 0.305 e. The van der Waals surface area contributed by atoms with Crippen LogP contribution in [0.1, 0.15) is 24.2 Å². The zero-order valence-electron chi connectivity index (χ0n) is 9.07. The lowest BCUT2D eigenvalue weighted by molar-refractivity contribution is 0.567. The Hall–Kier alpha value is -1.32. The first-order valence-electron chi connectivity index (χ1n) is 5.23. The van der Waals surface area contributed by atoms with Crippen LogP contribution in [0.25, 0.3) is 0 Å². The molecule has 0 bridgehead atoms. The molecule has 1 aromatic carbocycles. The standard InChI is InChI=1S/C12H14ClN3/c1-9(10-3-2-4-11(13)7-10)14-8-12-5-6-15-16-12/h2-7,9,14H,8H2,1H3,(H,15,16)/t9-/m0/s1. The van der Waals surface area contributed by atoms with Crippen molar-refractivity contribution < 1.29 is 0 Å². The molecule has 2 rings (SSSR count). The van der Waals surface area contributed by atoms with E-state index in [2.05, 4.69) is 28.5 Å². The molecule has 0 unspecified atom stereocenters. The third-order valence-electron chi connectivity index (χ3n) is 2.51. The molecule has 0 aliphatic carbocycles. The molecule has 0 spiro atoms. The van der Waals surface area contributed by atoms with Gasteiger partial charge >= 0.3 is 0 Å². The summed E-state index contributed by atoms with van der Waals surface area (Å²) in [5.74, 6) is 0. The summed E-state index contributed by atoms with van der Waals surface area (Å²) in [6.07, 6.45) is 1.75. The molecular weight excluding hydrogens is 222 g/mol. The molecule has 4 heteroatoms. The number of H-pyrrole nitrogens is 1. The monoisotopic (exact) mass is 235 g/mol. The molecule has 0 saturated heterocycles. The maximum atomic E-state index is 5.94. The van der Waals surface area contributed by atoms with Crippen molar-refractivity contribution >= 4 is 11.6 Å². The zero-order chi connectivity index (χ0) is 11.4. The number of nitrogens with one attached hydrogen (secondary N) is 2. The number of rotatable bonds is 4. The minimum atomic E-state index is 0.266. The van der Waals surface area contributed by atoms with Crippen molar-refractivity contribution in [3.63, 3.8) is 0 Å². The molecule has 0 radical (unpaired) electrons. The van der Waals surface area contributed by atoms with Gasteiger partial charge in [-0.3, -0.25) is 5.10 Å². The van der Waals surface area contributed by atoms with E-state index >= 15 is 0 Å². The van der Waals surface area contributed by atoms with Crippen molar-refractivity contribution in [3.05, 3.63) is 52.8 Å². The van der Waals surface area contributed by atoms with E-state index in [9.17, 15) is 0 Å². The summed E-state index contributed by atoms with van der Waals surface area (Å²) in [7, 11) is 0. The average molecular weight is 236 g/mol. The number of benzene rings is 1. The van der Waals surface area contributed by atoms with Gasteiger partial charge in [-0.25, -0.2) is 0 Å². The van der Waals surface area contributed by atoms with Crippen LogP contribution in [0.15, 0.2) is 36.5 Å². The summed E-state index contributed by atoms with van der Waals surface area (Å²) in [5, 5.41) is 11.0. The lowest BCUT2D eigenvalue weighted by atomic mass is 10.1. The molecule has 2 N–H and O–H groups in total. The molecule has 0 aliphatic heterocycles. The van der Waals surface area contributed by atoms with E-state index in [0.29, 0.717) is 0 Å². The second kappa shape index (κ2) is 5.14. The summed E-state index contributed by atoms with van der Waals surface area (Å²) in [6.45, 7) is 2.88. The Balaban J connectivity index is 1.95. The Morgan fingerprint density at radius 3 is 3.00 bits per heavy atom. The molecule has 2 aromatic rings. The van der Waals surface area contributed by atoms with Crippen LogP contribution in [0.4, 0.5) is 0 Å². The number of halogens is 1. The fourth-order valence-corrected chi connectivity index (χ4v) is 1.74. The fraction of sp³-hybridized carbons (Fsp3) is 0.250. The molecule has 1 atom stereocenters. The van der Waals surface area contributed by atoms with Crippen LogP contribution in [-0.4, -0.2) is 10.2 Å². The predicted octanol–water partition coefficient (Wildman–Crippen LogP) is 2.91. The lowest BCUT2D eigenvalue weighted by Gasteiger charge is -2.13. The van der Waals surface area contributed by atoms with Gasteiger partial charge in [0.25, 0.3) is 0 Å². The van der Waals surface area contributed by atoms with Gasteiger partial charge in [-0.1, -0.05) is 23.7 Å². The second-order valence-corrected chi connectivity index (χ2v) is 4.18. The maximum Gasteiger partial charge on any atom is 0.0490 e. The van der Waals surface area contributed by atoms with Gasteiger partial charge in [0.2, 0.25) is 0 Å². The SMILES string of the molecule is C[C@H](NCc1ccn[nH]1)c1cccc(Cl)c1. The highest BCUT2D eigenvalue weighted by Crippen LogP contribution is 2.17. The molecule has 16 heavy (non-hydrogen) atoms. The van der Waals surface area contributed by atoms with Crippen molar-refractivity contribution in [2.75, 3.05) is 0 Å². The molecule has 1 heterocycles. The molecule has 0 aliphatic rings. The van der Waals surface area contributed by atoms with E-state index in [0.717, 1.165) is 17.3 Å². The van der Waals surface area contributed by atoms with Crippen LogP contribution < -0.4 is 5.32 Å². The van der Waals surface area contributed by atoms with E-state index in [4.69, 9.17) is 11.6 Å². The van der Waals surface area contributed by atoms with Gasteiger partial charge in [0.1, 0.15) is 0 Å². The highest BCUT2D eigenvalue weighted by Gasteiger charge is 2.05. The Kier molecular flexibility index (Phi) is 3.59. The van der Waals surface area contributed by atoms with E-state index in [-0.39, 0.29) is 6.04 Å². The normalized spacial score (nSPS) is 12.6. The van der Waals surface area contributed by atoms with Gasteiger partial charge in [-0.05, 0) is 30.7 Å². The van der Waals surface area contributed by atoms with Gasteiger partial charge in [0, 0.05) is 29.5 Å². The minimum Gasteiger partial charge on any atom is -0.305 e. The third-order valence-corrected chi connectivity index (χ3v) is 2.74. The second-order valence-electron chi connectivity index (χ2n) is 3.74. The minimum absolute atomic E-state index is 0.266. The highest BCUT2D eigenvalue weighted by molar-refractivity contribution is 6.30. The van der Waals surface area contributed by atoms with Crippen molar-refractivity contribution in [1.82, 2.24) is 15.5 Å². The molecule has 0 saturated carbocycles. The predicted molar refractivity (Wildman–Crippen MR) is 65.3 cm³/mol. The molecular formula is C12H14ClN3. The molecule has 0 amide bonds. The molecule has 1 aromatic heterocycles. The number of hydrogen-bond acceptors (Lipinski definition) is 2. The average Bonchev–Trinajstić information content (AvgIpc) is 2.78. The number of aromatic amines is 1. The summed E-state index contributed by atoms with van der Waals surface area (Å²) in [5.41, 5.74) is 2.26. The first kappa shape index (κ1) is 11.2. The van der Waals surface area contributed by atoms with Crippen molar-refractivity contribution in [2.45, 2.75) is 19.5 Å². The topological polar surface area (TPSA) is 40.7 Å². The number of nitrogens with zero attached hydrogens (tertiary/aromatic N) is 1. The third kappa shape index (κ3) is 2.84. The summed E-state index contributed by atoms with van der Waals surface area (Å²) >= 11 is 5.94. The maximum absolute atomic E-state index is 5.94. The fourth-order valence-electron chi connectivity index (χ4n) is 1.54. The van der Waals surface area contributed by atoms with Crippen LogP contribution >= 0.6 is 11.6 Å². The smallest absolute Gasteiger partial charge is 0.0490 e. The van der Waals surface area contributed by atoms with E-state index < -0.39 is 0 Å². The molecule has 0 fully saturated rings. The Morgan fingerprint density at radius 2 is 2.31 bits per heavy atom. The van der Waals surface area contributed by atoms with Gasteiger partial charge in [-0.15, -0.1) is 0 Å². The molecule has 84 valence electrons. The van der Waals surface area contributed by atoms with Crippen LogP contribution in [0.3, 0.4) is 0 Å². The first-order chi connectivity index (χ1) is 7.75. The van der Waals surface area contributed by atoms with Crippen molar-refractivity contribution in [2.24, 2.45) is 0 Å². The Morgan fingerprint density at radius 1 is 1.44 bits per heavy atom. The van der Waals surface area contributed by atoms with E-state index in [1.54, 1.807) is 6.20 Å². The van der Waals surface area contributed by atoms with Gasteiger partial charge in [0.15, 0.2) is 0 Å². The van der Waals surface area contributed by atoms with E-state index in [1.165, 1.54) is 5.56 Å². The zero-order valence-corrected chi connectivity index (χ0v) is 9.83. The van der Waals surface area contributed by atoms with E-state index in [1.807, 2.05) is 24.3 Å². The highest BCUT2D eigenvalue weighted by atomic mass is 35.5. The van der Waals surface area contributed by atoms with Crippen LogP contribution in [0.2, 0.25) is 5.02 Å². The van der Waals surface area contributed by atoms with Gasteiger partial charge in [-0.2, -0.15) is 5.10 Å². The summed E-state index contributed by atoms with van der Waals surface area (Å²) in [4.78, 5) is 0. The van der Waals surface area contributed by atoms with Gasteiger partial charge in [0.05, 0.1) is 0 Å². The molecule has 3 nitrogen and oxygen atoms in total. The Bertz CT molecular complexity index is 439. The lowest BCUT2D eigenvalue weighted by Crippen LogP contribution is -2.18. The number of aromatic nitrogens is 2.